The van der Waals surface area contributed by atoms with Crippen molar-refractivity contribution >= 4 is 33.4 Å². The second-order valence-electron chi connectivity index (χ2n) is 4.82. The Morgan fingerprint density at radius 3 is 2.95 bits per heavy atom. The van der Waals surface area contributed by atoms with Gasteiger partial charge in [-0.2, -0.15) is 0 Å². The van der Waals surface area contributed by atoms with Crippen molar-refractivity contribution in [2.75, 3.05) is 19.7 Å². The van der Waals surface area contributed by atoms with Gasteiger partial charge in [-0.05, 0) is 42.7 Å². The van der Waals surface area contributed by atoms with Crippen molar-refractivity contribution in [1.82, 2.24) is 15.6 Å². The predicted octanol–water partition coefficient (Wildman–Crippen LogP) is 2.24. The van der Waals surface area contributed by atoms with Crippen LogP contribution in [0.15, 0.2) is 4.47 Å². The third-order valence-electron chi connectivity index (χ3n) is 3.40. The number of piperidine rings is 1. The summed E-state index contributed by atoms with van der Waals surface area (Å²) < 4.78 is 6.39. The second-order valence-corrected chi connectivity index (χ2v) is 5.99. The summed E-state index contributed by atoms with van der Waals surface area (Å²) in [6.45, 7) is 6.07. The number of aromatic nitrogens is 1. The van der Waals surface area contributed by atoms with Gasteiger partial charge in [0, 0.05) is 18.8 Å². The van der Waals surface area contributed by atoms with E-state index in [2.05, 4.69) is 31.5 Å². The lowest BCUT2D eigenvalue weighted by molar-refractivity contribution is 0.0208. The summed E-state index contributed by atoms with van der Waals surface area (Å²) in [5.41, 5.74) is 1.23. The molecule has 2 heterocycles. The summed E-state index contributed by atoms with van der Waals surface area (Å²) in [7, 11) is 0. The van der Waals surface area contributed by atoms with Gasteiger partial charge in [0.05, 0.1) is 21.6 Å². The second kappa shape index (κ2) is 6.93. The summed E-state index contributed by atoms with van der Waals surface area (Å²) >= 11 is 9.49. The van der Waals surface area contributed by atoms with Crippen LogP contribution in [0.3, 0.4) is 0 Å². The van der Waals surface area contributed by atoms with E-state index in [1.807, 2.05) is 13.8 Å². The minimum Gasteiger partial charge on any atom is -0.375 e. The quantitative estimate of drug-likeness (QED) is 0.767. The van der Waals surface area contributed by atoms with Crippen LogP contribution in [0.2, 0.25) is 5.02 Å². The highest BCUT2D eigenvalue weighted by Gasteiger charge is 2.28. The summed E-state index contributed by atoms with van der Waals surface area (Å²) in [4.78, 5) is 15.3. The lowest BCUT2D eigenvalue weighted by Gasteiger charge is -2.32. The smallest absolute Gasteiger partial charge is 0.269 e. The van der Waals surface area contributed by atoms with Crippen molar-refractivity contribution in [3.8, 4) is 0 Å². The van der Waals surface area contributed by atoms with Crippen LogP contribution in [0.5, 0.6) is 0 Å². The minimum absolute atomic E-state index is 0.00199. The highest BCUT2D eigenvalue weighted by atomic mass is 79.9. The zero-order valence-corrected chi connectivity index (χ0v) is 13.9. The number of carbonyl (C=O) groups is 1. The first-order valence-corrected chi connectivity index (χ1v) is 7.88. The van der Waals surface area contributed by atoms with E-state index in [0.29, 0.717) is 17.3 Å². The Labute approximate surface area is 131 Å². The van der Waals surface area contributed by atoms with E-state index in [-0.39, 0.29) is 18.1 Å². The zero-order valence-electron chi connectivity index (χ0n) is 11.6. The number of hydrogen-bond donors (Lipinski definition) is 3. The molecule has 2 atom stereocenters. The van der Waals surface area contributed by atoms with Crippen LogP contribution in [0.4, 0.5) is 0 Å². The van der Waals surface area contributed by atoms with Gasteiger partial charge < -0.3 is 20.4 Å². The topological polar surface area (TPSA) is 66.2 Å². The number of carbonyl (C=O) groups excluding carboxylic acids is 1. The van der Waals surface area contributed by atoms with Crippen molar-refractivity contribution in [3.63, 3.8) is 0 Å². The number of ether oxygens (including phenoxy) is 1. The molecule has 3 N–H and O–H groups in total. The third kappa shape index (κ3) is 3.36. The van der Waals surface area contributed by atoms with E-state index in [0.717, 1.165) is 29.7 Å². The maximum atomic E-state index is 12.3. The van der Waals surface area contributed by atoms with E-state index < -0.39 is 0 Å². The van der Waals surface area contributed by atoms with Gasteiger partial charge in [-0.1, -0.05) is 11.6 Å². The number of nitrogens with one attached hydrogen (secondary N) is 3. The maximum absolute atomic E-state index is 12.3. The lowest BCUT2D eigenvalue weighted by atomic mass is 10.0. The monoisotopic (exact) mass is 363 g/mol. The Bertz CT molecular complexity index is 490. The fraction of sp³-hybridized carbons (Fsp3) is 0.615. The van der Waals surface area contributed by atoms with Crippen LogP contribution in [0.25, 0.3) is 0 Å². The van der Waals surface area contributed by atoms with Gasteiger partial charge in [0.15, 0.2) is 0 Å². The van der Waals surface area contributed by atoms with Crippen LogP contribution >= 0.6 is 27.5 Å². The van der Waals surface area contributed by atoms with Gasteiger partial charge in [0.25, 0.3) is 5.91 Å². The predicted molar refractivity (Wildman–Crippen MR) is 82.4 cm³/mol. The van der Waals surface area contributed by atoms with Gasteiger partial charge in [-0.25, -0.2) is 0 Å². The van der Waals surface area contributed by atoms with Crippen molar-refractivity contribution < 1.29 is 9.53 Å². The molecule has 0 unspecified atom stereocenters. The molecule has 5 nitrogen and oxygen atoms in total. The molecule has 0 radical (unpaired) electrons. The molecule has 2 rings (SSSR count). The van der Waals surface area contributed by atoms with Gasteiger partial charge in [-0.3, -0.25) is 4.79 Å². The summed E-state index contributed by atoms with van der Waals surface area (Å²) in [6.07, 6.45) is 0.838. The molecule has 0 aliphatic carbocycles. The molecule has 1 aliphatic heterocycles. The highest BCUT2D eigenvalue weighted by molar-refractivity contribution is 9.10. The number of hydrogen-bond acceptors (Lipinski definition) is 3. The molecule has 0 spiro atoms. The number of aryl methyl sites for hydroxylation is 1. The van der Waals surface area contributed by atoms with Crippen molar-refractivity contribution in [3.05, 3.63) is 20.9 Å². The molecule has 1 amide bonds. The molecule has 112 valence electrons. The van der Waals surface area contributed by atoms with Gasteiger partial charge in [0.2, 0.25) is 0 Å². The molecule has 0 saturated carbocycles. The molecular weight excluding hydrogens is 346 g/mol. The Kier molecular flexibility index (Phi) is 5.49. The van der Waals surface area contributed by atoms with Gasteiger partial charge in [0.1, 0.15) is 5.69 Å². The van der Waals surface area contributed by atoms with Crippen LogP contribution < -0.4 is 10.6 Å². The Morgan fingerprint density at radius 1 is 1.60 bits per heavy atom. The Balaban J connectivity index is 2.07. The van der Waals surface area contributed by atoms with Crippen molar-refractivity contribution in [2.24, 2.45) is 0 Å². The fourth-order valence-electron chi connectivity index (χ4n) is 2.35. The molecule has 1 saturated heterocycles. The average molecular weight is 365 g/mol. The fourth-order valence-corrected chi connectivity index (χ4v) is 2.93. The summed E-state index contributed by atoms with van der Waals surface area (Å²) in [6, 6.07) is 0.00199. The molecule has 20 heavy (non-hydrogen) atoms. The van der Waals surface area contributed by atoms with Crippen molar-refractivity contribution in [2.45, 2.75) is 32.4 Å². The van der Waals surface area contributed by atoms with E-state index >= 15 is 0 Å². The molecule has 1 aromatic rings. The van der Waals surface area contributed by atoms with Crippen LogP contribution in [0.1, 0.15) is 29.5 Å². The highest BCUT2D eigenvalue weighted by Crippen LogP contribution is 2.29. The van der Waals surface area contributed by atoms with E-state index in [1.165, 1.54) is 0 Å². The molecule has 0 bridgehead atoms. The minimum atomic E-state index is -0.194. The summed E-state index contributed by atoms with van der Waals surface area (Å²) in [5.74, 6) is -0.194. The Morgan fingerprint density at radius 2 is 2.35 bits per heavy atom. The molecule has 1 aliphatic rings. The number of aromatic amines is 1. The first kappa shape index (κ1) is 15.8. The van der Waals surface area contributed by atoms with Gasteiger partial charge in [-0.15, -0.1) is 0 Å². The van der Waals surface area contributed by atoms with Crippen LogP contribution in [0, 0.1) is 6.92 Å². The van der Waals surface area contributed by atoms with E-state index in [9.17, 15) is 4.79 Å². The van der Waals surface area contributed by atoms with Gasteiger partial charge >= 0.3 is 0 Å². The SMILES string of the molecule is CCO[C@@H]1CNCC[C@H]1NC(=O)c1[nH]c(C)c(Br)c1Cl. The molecule has 0 aromatic carbocycles. The lowest BCUT2D eigenvalue weighted by Crippen LogP contribution is -2.53. The number of halogens is 2. The van der Waals surface area contributed by atoms with E-state index in [1.54, 1.807) is 0 Å². The average Bonchev–Trinajstić information content (AvgIpc) is 2.69. The number of rotatable bonds is 4. The molecule has 1 aromatic heterocycles. The number of amides is 1. The third-order valence-corrected chi connectivity index (χ3v) is 5.00. The van der Waals surface area contributed by atoms with Crippen LogP contribution in [-0.2, 0) is 4.74 Å². The first-order chi connectivity index (χ1) is 9.54. The normalized spacial score (nSPS) is 22.8. The molecule has 7 heteroatoms. The van der Waals surface area contributed by atoms with E-state index in [4.69, 9.17) is 16.3 Å². The zero-order chi connectivity index (χ0) is 14.7. The summed E-state index contributed by atoms with van der Waals surface area (Å²) in [5, 5.41) is 6.70. The molecule has 1 fully saturated rings. The van der Waals surface area contributed by atoms with Crippen LogP contribution in [-0.4, -0.2) is 42.7 Å². The molecular formula is C13H19BrClN3O2. The Hall–Kier alpha value is -0.560. The standard InChI is InChI=1S/C13H19BrClN3O2/c1-3-20-9-6-16-5-4-8(9)18-13(19)12-11(15)10(14)7(2)17-12/h8-9,16-17H,3-6H2,1-2H3,(H,18,19)/t8-,9-/m1/s1. The first-order valence-electron chi connectivity index (χ1n) is 6.71. The number of H-pyrrole nitrogens is 1. The van der Waals surface area contributed by atoms with Crippen molar-refractivity contribution in [1.29, 1.82) is 0 Å². The largest absolute Gasteiger partial charge is 0.375 e. The maximum Gasteiger partial charge on any atom is 0.269 e.